The van der Waals surface area contributed by atoms with Gasteiger partial charge >= 0.3 is 11.9 Å². The lowest BCUT2D eigenvalue weighted by molar-refractivity contribution is -0.142. The molecule has 0 bridgehead atoms. The maximum Gasteiger partial charge on any atom is 0.306 e. The number of ether oxygens (including phenoxy) is 1. The normalized spacial score (nSPS) is 9.24. The van der Waals surface area contributed by atoms with Gasteiger partial charge in [0.2, 0.25) is 0 Å². The molecule has 4 heteroatoms. The molecule has 0 aromatic heterocycles. The molecule has 0 saturated carbocycles. The van der Waals surface area contributed by atoms with E-state index in [0.29, 0.717) is 12.8 Å². The number of carboxylic acids is 1. The van der Waals surface area contributed by atoms with E-state index in [-0.39, 0.29) is 19.0 Å². The Balaban J connectivity index is 3.30. The quantitative estimate of drug-likeness (QED) is 0.402. The molecule has 0 radical (unpaired) electrons. The van der Waals surface area contributed by atoms with Crippen LogP contribution in [0.1, 0.15) is 51.9 Å². The number of esters is 1. The predicted octanol–water partition coefficient (Wildman–Crippen LogP) is 2.37. The molecule has 4 nitrogen and oxygen atoms in total. The molecule has 0 atom stereocenters. The third-order valence-electron chi connectivity index (χ3n) is 2.13. The highest BCUT2D eigenvalue weighted by atomic mass is 16.5. The predicted molar refractivity (Wildman–Crippen MR) is 64.4 cm³/mol. The summed E-state index contributed by atoms with van der Waals surface area (Å²) >= 11 is 0. The van der Waals surface area contributed by atoms with Crippen LogP contribution in [0.2, 0.25) is 0 Å². The minimum atomic E-state index is -0.765. The van der Waals surface area contributed by atoms with Gasteiger partial charge in [0, 0.05) is 19.3 Å². The van der Waals surface area contributed by atoms with Gasteiger partial charge < -0.3 is 9.84 Å². The molecule has 0 rings (SSSR count). The number of aliphatic carboxylic acids is 1. The first kappa shape index (κ1) is 15.5. The number of carboxylic acid groups (broad SMARTS) is 1. The third kappa shape index (κ3) is 12.4. The number of carbonyl (C=O) groups excluding carboxylic acids is 1. The lowest BCUT2D eigenvalue weighted by atomic mass is 10.1. The minimum absolute atomic E-state index is 0.172. The number of carbonyl (C=O) groups is 2. The van der Waals surface area contributed by atoms with Gasteiger partial charge in [-0.05, 0) is 12.8 Å². The summed E-state index contributed by atoms with van der Waals surface area (Å²) in [5, 5.41) is 8.41. The molecule has 0 aliphatic heterocycles. The van der Waals surface area contributed by atoms with E-state index in [2.05, 4.69) is 11.8 Å². The van der Waals surface area contributed by atoms with Crippen molar-refractivity contribution in [1.29, 1.82) is 0 Å². The molecule has 0 aromatic rings. The van der Waals surface area contributed by atoms with Crippen molar-refractivity contribution in [2.75, 3.05) is 6.61 Å². The van der Waals surface area contributed by atoms with Gasteiger partial charge in [0.25, 0.3) is 0 Å². The topological polar surface area (TPSA) is 63.6 Å². The highest BCUT2D eigenvalue weighted by Crippen LogP contribution is 2.06. The van der Waals surface area contributed by atoms with Gasteiger partial charge in [0.1, 0.15) is 0 Å². The fourth-order valence-electron chi connectivity index (χ4n) is 1.26. The number of rotatable bonds is 8. The zero-order chi connectivity index (χ0) is 12.9. The van der Waals surface area contributed by atoms with Crippen LogP contribution in [0.15, 0.2) is 0 Å². The second-order valence-electron chi connectivity index (χ2n) is 3.68. The van der Waals surface area contributed by atoms with Crippen LogP contribution in [0.25, 0.3) is 0 Å². The van der Waals surface area contributed by atoms with Gasteiger partial charge in [-0.25, -0.2) is 0 Å². The van der Waals surface area contributed by atoms with Gasteiger partial charge in [-0.1, -0.05) is 25.7 Å². The van der Waals surface area contributed by atoms with E-state index in [4.69, 9.17) is 9.84 Å². The Morgan fingerprint density at radius 3 is 2.29 bits per heavy atom. The fraction of sp³-hybridized carbons (Fsp3) is 0.692. The fourth-order valence-corrected chi connectivity index (χ4v) is 1.26. The summed E-state index contributed by atoms with van der Waals surface area (Å²) in [7, 11) is 0. The van der Waals surface area contributed by atoms with Crippen molar-refractivity contribution >= 4 is 11.9 Å². The van der Waals surface area contributed by atoms with Crippen molar-refractivity contribution in [3.8, 4) is 11.8 Å². The molecular formula is C13H20O4. The number of hydrogen-bond acceptors (Lipinski definition) is 3. The summed E-state index contributed by atoms with van der Waals surface area (Å²) in [6.45, 7) is 2.11. The van der Waals surface area contributed by atoms with E-state index in [1.807, 2.05) is 6.92 Å². The molecule has 0 unspecified atom stereocenters. The first-order chi connectivity index (χ1) is 8.16. The molecule has 0 aliphatic carbocycles. The average molecular weight is 240 g/mol. The van der Waals surface area contributed by atoms with Crippen LogP contribution in [0.4, 0.5) is 0 Å². The monoisotopic (exact) mass is 240 g/mol. The van der Waals surface area contributed by atoms with Gasteiger partial charge in [-0.2, -0.15) is 0 Å². The Labute approximate surface area is 102 Å². The maximum atomic E-state index is 11.2. The van der Waals surface area contributed by atoms with Crippen LogP contribution in [0.3, 0.4) is 0 Å². The van der Waals surface area contributed by atoms with Crippen LogP contribution in [0.5, 0.6) is 0 Å². The highest BCUT2D eigenvalue weighted by molar-refractivity contribution is 5.69. The summed E-state index contributed by atoms with van der Waals surface area (Å²) < 4.78 is 4.88. The molecule has 96 valence electrons. The maximum absolute atomic E-state index is 11.2. The van der Waals surface area contributed by atoms with Crippen molar-refractivity contribution in [1.82, 2.24) is 0 Å². The molecule has 0 aromatic carbocycles. The first-order valence-electron chi connectivity index (χ1n) is 6.00. The molecule has 0 saturated heterocycles. The van der Waals surface area contributed by atoms with E-state index >= 15 is 0 Å². The molecule has 1 N–H and O–H groups in total. The van der Waals surface area contributed by atoms with Crippen molar-refractivity contribution in [3.05, 3.63) is 0 Å². The van der Waals surface area contributed by atoms with Gasteiger partial charge in [0.15, 0.2) is 6.61 Å². The number of unbranched alkanes of at least 4 members (excludes halogenated alkanes) is 3. The summed E-state index contributed by atoms with van der Waals surface area (Å²) in [4.78, 5) is 21.4. The molecular weight excluding hydrogens is 220 g/mol. The zero-order valence-electron chi connectivity index (χ0n) is 10.3. The van der Waals surface area contributed by atoms with E-state index in [0.717, 1.165) is 25.7 Å². The summed E-state index contributed by atoms with van der Waals surface area (Å²) in [6.07, 6.45) is 4.49. The second-order valence-corrected chi connectivity index (χ2v) is 3.68. The van der Waals surface area contributed by atoms with Crippen LogP contribution in [-0.4, -0.2) is 23.7 Å². The Morgan fingerprint density at radius 1 is 1.06 bits per heavy atom. The third-order valence-corrected chi connectivity index (χ3v) is 2.13. The lowest BCUT2D eigenvalue weighted by Gasteiger charge is -2.00. The van der Waals surface area contributed by atoms with Crippen LogP contribution >= 0.6 is 0 Å². The standard InChI is InChI=1S/C13H20O4/c1-2-3-8-11-17-13(16)10-7-5-4-6-9-12(14)15/h2,4-7,9-11H2,1H3,(H,14,15). The molecule has 17 heavy (non-hydrogen) atoms. The van der Waals surface area contributed by atoms with Gasteiger partial charge in [-0.3, -0.25) is 9.59 Å². The zero-order valence-corrected chi connectivity index (χ0v) is 10.3. The summed E-state index contributed by atoms with van der Waals surface area (Å²) in [5.41, 5.74) is 0. The molecule has 0 fully saturated rings. The van der Waals surface area contributed by atoms with Crippen LogP contribution in [0, 0.1) is 11.8 Å². The van der Waals surface area contributed by atoms with E-state index in [1.165, 1.54) is 0 Å². The van der Waals surface area contributed by atoms with E-state index in [1.54, 1.807) is 0 Å². The minimum Gasteiger partial charge on any atom is -0.481 e. The number of hydrogen-bond donors (Lipinski definition) is 1. The Hall–Kier alpha value is -1.50. The molecule has 0 spiro atoms. The summed E-state index contributed by atoms with van der Waals surface area (Å²) in [6, 6.07) is 0. The van der Waals surface area contributed by atoms with Crippen LogP contribution < -0.4 is 0 Å². The van der Waals surface area contributed by atoms with Crippen molar-refractivity contribution < 1.29 is 19.4 Å². The van der Waals surface area contributed by atoms with Crippen LogP contribution in [-0.2, 0) is 14.3 Å². The van der Waals surface area contributed by atoms with Crippen molar-refractivity contribution in [2.24, 2.45) is 0 Å². The molecule has 0 aliphatic rings. The largest absolute Gasteiger partial charge is 0.481 e. The van der Waals surface area contributed by atoms with E-state index in [9.17, 15) is 9.59 Å². The SMILES string of the molecule is CCC#CCOC(=O)CCCCCCC(=O)O. The first-order valence-corrected chi connectivity index (χ1v) is 6.00. The van der Waals surface area contributed by atoms with Crippen molar-refractivity contribution in [3.63, 3.8) is 0 Å². The van der Waals surface area contributed by atoms with E-state index < -0.39 is 5.97 Å². The Kier molecular flexibility index (Phi) is 10.0. The van der Waals surface area contributed by atoms with Gasteiger partial charge in [-0.15, -0.1) is 5.92 Å². The smallest absolute Gasteiger partial charge is 0.306 e. The molecule has 0 amide bonds. The highest BCUT2D eigenvalue weighted by Gasteiger charge is 2.01. The lowest BCUT2D eigenvalue weighted by Crippen LogP contribution is -2.04. The molecule has 0 heterocycles. The summed E-state index contributed by atoms with van der Waals surface area (Å²) in [5.74, 6) is 4.55. The Morgan fingerprint density at radius 2 is 1.71 bits per heavy atom. The second kappa shape index (κ2) is 11.0. The average Bonchev–Trinajstić information content (AvgIpc) is 2.29. The van der Waals surface area contributed by atoms with Crippen molar-refractivity contribution in [2.45, 2.75) is 51.9 Å². The van der Waals surface area contributed by atoms with Gasteiger partial charge in [0.05, 0.1) is 0 Å². The Bertz CT molecular complexity index is 286.